The van der Waals surface area contributed by atoms with Crippen LogP contribution in [0.15, 0.2) is 16.6 Å². The molecule has 1 aromatic carbocycles. The summed E-state index contributed by atoms with van der Waals surface area (Å²) in [7, 11) is 0. The van der Waals surface area contributed by atoms with Gasteiger partial charge in [0.15, 0.2) is 0 Å². The zero-order valence-corrected chi connectivity index (χ0v) is 8.77. The van der Waals surface area contributed by atoms with Gasteiger partial charge in [-0.3, -0.25) is 0 Å². The fraction of sp³-hybridized carbons (Fsp3) is 0.300. The van der Waals surface area contributed by atoms with Crippen LogP contribution in [0.2, 0.25) is 0 Å². The normalized spacial score (nSPS) is 17.9. The van der Waals surface area contributed by atoms with Crippen LogP contribution in [0, 0.1) is 11.6 Å². The van der Waals surface area contributed by atoms with Crippen molar-refractivity contribution < 1.29 is 13.6 Å². The van der Waals surface area contributed by atoms with Gasteiger partial charge in [-0.05, 0) is 25.0 Å². The molecule has 1 aliphatic carbocycles. The van der Waals surface area contributed by atoms with Crippen LogP contribution in [0.3, 0.4) is 0 Å². The van der Waals surface area contributed by atoms with E-state index in [-0.39, 0.29) is 5.56 Å². The fourth-order valence-electron chi connectivity index (χ4n) is 1.58. The summed E-state index contributed by atoms with van der Waals surface area (Å²) in [4.78, 5) is 10.7. The van der Waals surface area contributed by atoms with Crippen molar-refractivity contribution in [1.82, 2.24) is 0 Å². The minimum absolute atomic E-state index is 0.0873. The molecule has 1 aromatic rings. The summed E-state index contributed by atoms with van der Waals surface area (Å²) in [5.41, 5.74) is -0.981. The fourth-order valence-corrected chi connectivity index (χ4v) is 1.98. The van der Waals surface area contributed by atoms with E-state index in [9.17, 15) is 13.6 Å². The Morgan fingerprint density at radius 2 is 1.79 bits per heavy atom. The van der Waals surface area contributed by atoms with Gasteiger partial charge in [-0.2, -0.15) is 0 Å². The van der Waals surface area contributed by atoms with E-state index in [0.29, 0.717) is 23.6 Å². The summed E-state index contributed by atoms with van der Waals surface area (Å²) in [6, 6.07) is 2.37. The van der Waals surface area contributed by atoms with Crippen molar-refractivity contribution >= 4 is 22.2 Å². The molecule has 0 aromatic heterocycles. The van der Waals surface area contributed by atoms with Gasteiger partial charge in [0.25, 0.3) is 0 Å². The number of hydrogen-bond acceptors (Lipinski definition) is 1. The van der Waals surface area contributed by atoms with Crippen molar-refractivity contribution in [3.8, 4) is 0 Å². The molecule has 0 spiro atoms. The lowest BCUT2D eigenvalue weighted by Gasteiger charge is -2.10. The van der Waals surface area contributed by atoms with Crippen LogP contribution in [0.4, 0.5) is 8.78 Å². The van der Waals surface area contributed by atoms with Crippen molar-refractivity contribution in [3.63, 3.8) is 0 Å². The highest BCUT2D eigenvalue weighted by Crippen LogP contribution is 2.48. The summed E-state index contributed by atoms with van der Waals surface area (Å²) in [5.74, 6) is -1.30. The predicted octanol–water partition coefficient (Wildman–Crippen LogP) is 2.96. The van der Waals surface area contributed by atoms with E-state index in [2.05, 4.69) is 15.9 Å². The average molecular weight is 261 g/mol. The highest BCUT2D eigenvalue weighted by atomic mass is 79.9. The van der Waals surface area contributed by atoms with Gasteiger partial charge in [-0.25, -0.2) is 8.78 Å². The Morgan fingerprint density at radius 3 is 2.14 bits per heavy atom. The van der Waals surface area contributed by atoms with Crippen LogP contribution in [-0.4, -0.2) is 6.29 Å². The number of benzene rings is 1. The zero-order valence-electron chi connectivity index (χ0n) is 7.19. The highest BCUT2D eigenvalue weighted by Gasteiger charge is 2.48. The summed E-state index contributed by atoms with van der Waals surface area (Å²) < 4.78 is 27.2. The van der Waals surface area contributed by atoms with Crippen LogP contribution in [-0.2, 0) is 10.2 Å². The lowest BCUT2D eigenvalue weighted by Crippen LogP contribution is -2.13. The Balaban J connectivity index is 2.58. The van der Waals surface area contributed by atoms with Crippen molar-refractivity contribution in [3.05, 3.63) is 33.8 Å². The number of rotatable bonds is 2. The summed E-state index contributed by atoms with van der Waals surface area (Å²) in [6.45, 7) is 0. The molecule has 0 atom stereocenters. The SMILES string of the molecule is O=CC1(c2c(F)cc(Br)cc2F)CC1. The maximum atomic E-state index is 13.4. The lowest BCUT2D eigenvalue weighted by atomic mass is 9.96. The highest BCUT2D eigenvalue weighted by molar-refractivity contribution is 9.10. The maximum Gasteiger partial charge on any atom is 0.131 e. The first-order valence-electron chi connectivity index (χ1n) is 4.20. The van der Waals surface area contributed by atoms with Crippen LogP contribution in [0.5, 0.6) is 0 Å². The number of halogens is 3. The third-order valence-electron chi connectivity index (χ3n) is 2.52. The monoisotopic (exact) mass is 260 g/mol. The first-order valence-corrected chi connectivity index (χ1v) is 5.00. The molecule has 0 N–H and O–H groups in total. The van der Waals surface area contributed by atoms with Gasteiger partial charge in [0.2, 0.25) is 0 Å². The van der Waals surface area contributed by atoms with Gasteiger partial charge < -0.3 is 4.79 Å². The third kappa shape index (κ3) is 1.38. The molecule has 1 nitrogen and oxygen atoms in total. The van der Waals surface area contributed by atoms with Crippen LogP contribution < -0.4 is 0 Å². The van der Waals surface area contributed by atoms with E-state index in [1.807, 2.05) is 0 Å². The largest absolute Gasteiger partial charge is 0.302 e. The van der Waals surface area contributed by atoms with Crippen LogP contribution >= 0.6 is 15.9 Å². The molecule has 1 aliphatic rings. The zero-order chi connectivity index (χ0) is 10.3. The second-order valence-electron chi connectivity index (χ2n) is 3.52. The maximum absolute atomic E-state index is 13.4. The number of aldehydes is 1. The van der Waals surface area contributed by atoms with E-state index < -0.39 is 17.0 Å². The van der Waals surface area contributed by atoms with Crippen molar-refractivity contribution in [2.75, 3.05) is 0 Å². The minimum Gasteiger partial charge on any atom is -0.302 e. The summed E-state index contributed by atoms with van der Waals surface area (Å²) >= 11 is 2.99. The molecule has 1 saturated carbocycles. The van der Waals surface area contributed by atoms with E-state index in [1.54, 1.807) is 0 Å². The molecule has 0 bridgehead atoms. The molecule has 0 unspecified atom stereocenters. The number of carbonyl (C=O) groups excluding carboxylic acids is 1. The molecular formula is C10H7BrF2O. The predicted molar refractivity (Wildman–Crippen MR) is 51.0 cm³/mol. The van der Waals surface area contributed by atoms with Crippen molar-refractivity contribution in [1.29, 1.82) is 0 Å². The summed E-state index contributed by atoms with van der Waals surface area (Å²) in [6.07, 6.45) is 1.71. The first kappa shape index (κ1) is 9.77. The molecule has 74 valence electrons. The Kier molecular flexibility index (Phi) is 2.18. The number of carbonyl (C=O) groups is 1. The number of hydrogen-bond donors (Lipinski definition) is 0. The third-order valence-corrected chi connectivity index (χ3v) is 2.98. The van der Waals surface area contributed by atoms with Crippen LogP contribution in [0.25, 0.3) is 0 Å². The minimum atomic E-state index is -0.894. The molecule has 0 saturated heterocycles. The van der Waals surface area contributed by atoms with Crippen molar-refractivity contribution in [2.45, 2.75) is 18.3 Å². The van der Waals surface area contributed by atoms with E-state index in [4.69, 9.17) is 0 Å². The standard InChI is InChI=1S/C10H7BrF2O/c11-6-3-7(12)9(8(13)4-6)10(5-14)1-2-10/h3-5H,1-2H2. The van der Waals surface area contributed by atoms with Gasteiger partial charge in [-0.1, -0.05) is 15.9 Å². The lowest BCUT2D eigenvalue weighted by molar-refractivity contribution is -0.110. The Bertz CT molecular complexity index is 376. The first-order chi connectivity index (χ1) is 6.59. The van der Waals surface area contributed by atoms with Gasteiger partial charge in [-0.15, -0.1) is 0 Å². The van der Waals surface area contributed by atoms with Gasteiger partial charge >= 0.3 is 0 Å². The Labute approximate surface area is 88.2 Å². The molecule has 0 heterocycles. The molecule has 2 rings (SSSR count). The smallest absolute Gasteiger partial charge is 0.131 e. The van der Waals surface area contributed by atoms with E-state index in [0.717, 1.165) is 0 Å². The quantitative estimate of drug-likeness (QED) is 0.748. The molecular weight excluding hydrogens is 254 g/mol. The van der Waals surface area contributed by atoms with Gasteiger partial charge in [0.05, 0.1) is 5.41 Å². The topological polar surface area (TPSA) is 17.1 Å². The van der Waals surface area contributed by atoms with E-state index in [1.165, 1.54) is 12.1 Å². The molecule has 4 heteroatoms. The second kappa shape index (κ2) is 3.12. The molecule has 1 fully saturated rings. The Hall–Kier alpha value is -0.770. The van der Waals surface area contributed by atoms with E-state index >= 15 is 0 Å². The Morgan fingerprint density at radius 1 is 1.29 bits per heavy atom. The second-order valence-corrected chi connectivity index (χ2v) is 4.43. The van der Waals surface area contributed by atoms with Gasteiger partial charge in [0, 0.05) is 10.0 Å². The summed E-state index contributed by atoms with van der Waals surface area (Å²) in [5, 5.41) is 0. The average Bonchev–Trinajstić information content (AvgIpc) is 2.83. The van der Waals surface area contributed by atoms with Crippen molar-refractivity contribution in [2.24, 2.45) is 0 Å². The van der Waals surface area contributed by atoms with Crippen LogP contribution in [0.1, 0.15) is 18.4 Å². The molecule has 14 heavy (non-hydrogen) atoms. The molecule has 0 radical (unpaired) electrons. The van der Waals surface area contributed by atoms with Gasteiger partial charge in [0.1, 0.15) is 17.9 Å². The molecule has 0 aliphatic heterocycles. The molecule has 0 amide bonds.